The number of benzene rings is 1. The van der Waals surface area contributed by atoms with E-state index in [2.05, 4.69) is 37.8 Å². The van der Waals surface area contributed by atoms with E-state index in [1.807, 2.05) is 0 Å². The molecule has 1 nitrogen and oxygen atoms in total. The Kier molecular flexibility index (Phi) is 2.40. The molecule has 14 heavy (non-hydrogen) atoms. The molecule has 1 aromatic carbocycles. The van der Waals surface area contributed by atoms with E-state index >= 15 is 0 Å². The first kappa shape index (κ1) is 9.44. The summed E-state index contributed by atoms with van der Waals surface area (Å²) in [4.78, 5) is 1.08. The van der Waals surface area contributed by atoms with Gasteiger partial charge in [-0.15, -0.1) is 11.3 Å². The summed E-state index contributed by atoms with van der Waals surface area (Å²) in [6, 6.07) is 8.46. The van der Waals surface area contributed by atoms with Crippen molar-refractivity contribution in [2.45, 2.75) is 6.92 Å². The lowest BCUT2D eigenvalue weighted by Crippen LogP contribution is -1.82. The molecule has 0 spiro atoms. The van der Waals surface area contributed by atoms with Gasteiger partial charge in [0.1, 0.15) is 0 Å². The van der Waals surface area contributed by atoms with E-state index in [4.69, 9.17) is 5.11 Å². The second-order valence-electron chi connectivity index (χ2n) is 3.41. The first-order valence-corrected chi connectivity index (χ1v) is 5.31. The summed E-state index contributed by atoms with van der Waals surface area (Å²) >= 11 is 1.68. The summed E-state index contributed by atoms with van der Waals surface area (Å²) < 4.78 is 1.25. The molecule has 0 aliphatic heterocycles. The summed E-state index contributed by atoms with van der Waals surface area (Å²) in [6.45, 7) is 5.94. The number of fused-ring (bicyclic) bond motifs is 1. The van der Waals surface area contributed by atoms with Gasteiger partial charge in [0, 0.05) is 9.58 Å². The minimum Gasteiger partial charge on any atom is -0.392 e. The minimum atomic E-state index is 0.0335. The summed E-state index contributed by atoms with van der Waals surface area (Å²) in [7, 11) is 0. The fourth-order valence-corrected chi connectivity index (χ4v) is 2.42. The van der Waals surface area contributed by atoms with Crippen molar-refractivity contribution in [3.05, 3.63) is 41.3 Å². The lowest BCUT2D eigenvalue weighted by atomic mass is 10.1. The van der Waals surface area contributed by atoms with Crippen LogP contribution in [-0.4, -0.2) is 11.7 Å². The Bertz CT molecular complexity index is 482. The maximum atomic E-state index is 8.98. The van der Waals surface area contributed by atoms with Crippen molar-refractivity contribution in [3.63, 3.8) is 0 Å². The van der Waals surface area contributed by atoms with Crippen LogP contribution in [0.3, 0.4) is 0 Å². The zero-order chi connectivity index (χ0) is 10.1. The number of rotatable bonds is 2. The predicted molar refractivity (Wildman–Crippen MR) is 62.7 cm³/mol. The van der Waals surface area contributed by atoms with E-state index in [9.17, 15) is 0 Å². The number of aliphatic hydroxyl groups is 1. The molecule has 0 saturated carbocycles. The zero-order valence-corrected chi connectivity index (χ0v) is 8.90. The van der Waals surface area contributed by atoms with Crippen LogP contribution in [0.2, 0.25) is 0 Å². The zero-order valence-electron chi connectivity index (χ0n) is 8.08. The Labute approximate surface area is 87.3 Å². The Morgan fingerprint density at radius 2 is 2.21 bits per heavy atom. The number of aryl methyl sites for hydroxylation is 1. The van der Waals surface area contributed by atoms with E-state index in [0.717, 1.165) is 10.5 Å². The van der Waals surface area contributed by atoms with Gasteiger partial charge in [-0.2, -0.15) is 0 Å². The van der Waals surface area contributed by atoms with E-state index in [1.54, 1.807) is 11.3 Å². The largest absolute Gasteiger partial charge is 0.392 e. The van der Waals surface area contributed by atoms with E-state index in [1.165, 1.54) is 15.6 Å². The molecule has 1 N–H and O–H groups in total. The average molecular weight is 204 g/mol. The Balaban J connectivity index is 2.56. The van der Waals surface area contributed by atoms with Crippen LogP contribution < -0.4 is 0 Å². The van der Waals surface area contributed by atoms with Crippen molar-refractivity contribution < 1.29 is 5.11 Å². The molecule has 0 amide bonds. The van der Waals surface area contributed by atoms with Crippen LogP contribution in [0.15, 0.2) is 30.8 Å². The Morgan fingerprint density at radius 3 is 2.93 bits per heavy atom. The van der Waals surface area contributed by atoms with Gasteiger partial charge < -0.3 is 5.11 Å². The van der Waals surface area contributed by atoms with Crippen LogP contribution in [-0.2, 0) is 0 Å². The normalized spacial score (nSPS) is 10.7. The van der Waals surface area contributed by atoms with Gasteiger partial charge in [-0.05, 0) is 30.0 Å². The molecule has 2 heteroatoms. The monoisotopic (exact) mass is 204 g/mol. The van der Waals surface area contributed by atoms with Gasteiger partial charge >= 0.3 is 0 Å². The van der Waals surface area contributed by atoms with E-state index in [-0.39, 0.29) is 6.61 Å². The van der Waals surface area contributed by atoms with Crippen LogP contribution in [0.1, 0.15) is 10.4 Å². The van der Waals surface area contributed by atoms with Crippen LogP contribution in [0.5, 0.6) is 0 Å². The van der Waals surface area contributed by atoms with Crippen molar-refractivity contribution >= 4 is 27.0 Å². The summed E-state index contributed by atoms with van der Waals surface area (Å²) in [6.07, 6.45) is 0. The molecule has 0 aliphatic rings. The first-order valence-electron chi connectivity index (χ1n) is 4.50. The lowest BCUT2D eigenvalue weighted by molar-refractivity contribution is 0.351. The second-order valence-corrected chi connectivity index (χ2v) is 4.50. The van der Waals surface area contributed by atoms with Gasteiger partial charge in [0.15, 0.2) is 0 Å². The molecule has 1 aromatic heterocycles. The molecule has 1 heterocycles. The van der Waals surface area contributed by atoms with Gasteiger partial charge in [-0.3, -0.25) is 0 Å². The maximum absolute atomic E-state index is 8.98. The summed E-state index contributed by atoms with van der Waals surface area (Å²) in [5, 5.41) is 10.2. The van der Waals surface area contributed by atoms with E-state index in [0.29, 0.717) is 0 Å². The standard InChI is InChI=1S/C12H12OS/c1-8-3-4-11-10(5-8)6-12(14-11)9(2)7-13/h3-6,13H,2,7H2,1H3. The van der Waals surface area contributed by atoms with Crippen molar-refractivity contribution in [3.8, 4) is 0 Å². The smallest absolute Gasteiger partial charge is 0.0689 e. The number of hydrogen-bond acceptors (Lipinski definition) is 2. The van der Waals surface area contributed by atoms with Crippen LogP contribution in [0, 0.1) is 6.92 Å². The van der Waals surface area contributed by atoms with Crippen molar-refractivity contribution in [2.75, 3.05) is 6.61 Å². The topological polar surface area (TPSA) is 20.2 Å². The molecule has 0 aliphatic carbocycles. The van der Waals surface area contributed by atoms with Crippen molar-refractivity contribution in [2.24, 2.45) is 0 Å². The lowest BCUT2D eigenvalue weighted by Gasteiger charge is -1.93. The number of thiophene rings is 1. The Hall–Kier alpha value is -1.12. The van der Waals surface area contributed by atoms with Crippen molar-refractivity contribution in [1.29, 1.82) is 0 Å². The molecule has 2 rings (SSSR count). The average Bonchev–Trinajstić information content (AvgIpc) is 2.59. The second kappa shape index (κ2) is 3.56. The highest BCUT2D eigenvalue weighted by atomic mass is 32.1. The van der Waals surface area contributed by atoms with Crippen molar-refractivity contribution in [1.82, 2.24) is 0 Å². The third-order valence-electron chi connectivity index (χ3n) is 2.21. The molecule has 0 atom stereocenters. The van der Waals surface area contributed by atoms with Crippen LogP contribution >= 0.6 is 11.3 Å². The van der Waals surface area contributed by atoms with Gasteiger partial charge in [0.2, 0.25) is 0 Å². The highest BCUT2D eigenvalue weighted by Crippen LogP contribution is 2.30. The molecule has 72 valence electrons. The molecule has 0 radical (unpaired) electrons. The number of aliphatic hydroxyl groups excluding tert-OH is 1. The van der Waals surface area contributed by atoms with Crippen LogP contribution in [0.4, 0.5) is 0 Å². The SMILES string of the molecule is C=C(CO)c1cc2cc(C)ccc2s1. The summed E-state index contributed by atoms with van der Waals surface area (Å²) in [5.41, 5.74) is 2.06. The van der Waals surface area contributed by atoms with Crippen LogP contribution in [0.25, 0.3) is 15.7 Å². The first-order chi connectivity index (χ1) is 6.70. The molecular formula is C12H12OS. The molecule has 0 unspecified atom stereocenters. The minimum absolute atomic E-state index is 0.0335. The fraction of sp³-hybridized carbons (Fsp3) is 0.167. The van der Waals surface area contributed by atoms with Gasteiger partial charge in [0.05, 0.1) is 6.61 Å². The third-order valence-corrected chi connectivity index (χ3v) is 3.43. The quantitative estimate of drug-likeness (QED) is 0.796. The summed E-state index contributed by atoms with van der Waals surface area (Å²) in [5.74, 6) is 0. The number of hydrogen-bond donors (Lipinski definition) is 1. The molecule has 0 fully saturated rings. The highest BCUT2D eigenvalue weighted by molar-refractivity contribution is 7.20. The molecule has 0 saturated heterocycles. The molecule has 0 bridgehead atoms. The molecular weight excluding hydrogens is 192 g/mol. The fourth-order valence-electron chi connectivity index (χ4n) is 1.41. The maximum Gasteiger partial charge on any atom is 0.0689 e. The molecule has 2 aromatic rings. The highest BCUT2D eigenvalue weighted by Gasteiger charge is 2.03. The third kappa shape index (κ3) is 1.59. The predicted octanol–water partition coefficient (Wildman–Crippen LogP) is 3.22. The van der Waals surface area contributed by atoms with Gasteiger partial charge in [-0.1, -0.05) is 24.3 Å². The van der Waals surface area contributed by atoms with Gasteiger partial charge in [-0.25, -0.2) is 0 Å². The van der Waals surface area contributed by atoms with Gasteiger partial charge in [0.25, 0.3) is 0 Å². The Morgan fingerprint density at radius 1 is 1.43 bits per heavy atom. The van der Waals surface area contributed by atoms with E-state index < -0.39 is 0 Å².